The summed E-state index contributed by atoms with van der Waals surface area (Å²) in [6.45, 7) is 9.52. The van der Waals surface area contributed by atoms with Gasteiger partial charge in [0, 0.05) is 29.6 Å². The van der Waals surface area contributed by atoms with E-state index in [9.17, 15) is 19.1 Å². The first-order valence-corrected chi connectivity index (χ1v) is 10.1. The van der Waals surface area contributed by atoms with Crippen LogP contribution in [-0.2, 0) is 4.74 Å². The van der Waals surface area contributed by atoms with Crippen molar-refractivity contribution in [3.63, 3.8) is 0 Å². The molecule has 0 aliphatic rings. The number of benzene rings is 1. The summed E-state index contributed by atoms with van der Waals surface area (Å²) in [7, 11) is 0. The van der Waals surface area contributed by atoms with Gasteiger partial charge in [0.05, 0.1) is 11.6 Å². The number of alkyl carbamates (subject to hydrolysis) is 1. The van der Waals surface area contributed by atoms with Gasteiger partial charge in [0.2, 0.25) is 0 Å². The number of carbonyl (C=O) groups is 2. The van der Waals surface area contributed by atoms with Crippen LogP contribution < -0.4 is 10.1 Å². The molecule has 1 heterocycles. The van der Waals surface area contributed by atoms with E-state index in [1.165, 1.54) is 30.6 Å². The fraction of sp³-hybridized carbons (Fsp3) is 0.435. The average Bonchev–Trinajstić information content (AvgIpc) is 2.64. The highest BCUT2D eigenvalue weighted by atomic mass is 19.1. The highest BCUT2D eigenvalue weighted by Crippen LogP contribution is 2.29. The molecule has 0 unspecified atom stereocenters. The van der Waals surface area contributed by atoms with E-state index in [2.05, 4.69) is 10.3 Å². The summed E-state index contributed by atoms with van der Waals surface area (Å²) in [4.78, 5) is 27.3. The Hall–Kier alpha value is -3.16. The lowest BCUT2D eigenvalue weighted by atomic mass is 10.0. The molecule has 1 aromatic carbocycles. The second kappa shape index (κ2) is 10.2. The second-order valence-electron chi connectivity index (χ2n) is 8.65. The number of carbonyl (C=O) groups excluding carboxylic acids is 1. The number of carboxylic acids is 1. The molecular formula is C23H29FN2O5. The number of aromatic nitrogens is 1. The monoisotopic (exact) mass is 432 g/mol. The van der Waals surface area contributed by atoms with Gasteiger partial charge in [0.15, 0.2) is 0 Å². The number of hydrogen-bond donors (Lipinski definition) is 2. The lowest BCUT2D eigenvalue weighted by Crippen LogP contribution is -2.42. The molecule has 0 radical (unpaired) electrons. The van der Waals surface area contributed by atoms with Crippen LogP contribution >= 0.6 is 0 Å². The molecule has 1 atom stereocenters. The normalized spacial score (nSPS) is 12.4. The third kappa shape index (κ3) is 7.55. The van der Waals surface area contributed by atoms with Crippen molar-refractivity contribution < 1.29 is 28.6 Å². The van der Waals surface area contributed by atoms with E-state index < -0.39 is 23.5 Å². The molecule has 1 aromatic heterocycles. The van der Waals surface area contributed by atoms with Crippen molar-refractivity contribution in [3.8, 4) is 16.9 Å². The maximum Gasteiger partial charge on any atom is 0.407 e. The van der Waals surface area contributed by atoms with Crippen molar-refractivity contribution in [1.82, 2.24) is 10.3 Å². The Morgan fingerprint density at radius 1 is 1.19 bits per heavy atom. The van der Waals surface area contributed by atoms with Crippen molar-refractivity contribution in [1.29, 1.82) is 0 Å². The van der Waals surface area contributed by atoms with E-state index in [4.69, 9.17) is 9.47 Å². The summed E-state index contributed by atoms with van der Waals surface area (Å²) in [6.07, 6.45) is 2.70. The first-order chi connectivity index (χ1) is 14.5. The number of carboxylic acid groups (broad SMARTS) is 1. The molecule has 0 fully saturated rings. The smallest absolute Gasteiger partial charge is 0.407 e. The summed E-state index contributed by atoms with van der Waals surface area (Å²) in [5.74, 6) is -1.24. The van der Waals surface area contributed by atoms with Gasteiger partial charge >= 0.3 is 12.1 Å². The zero-order valence-corrected chi connectivity index (χ0v) is 18.4. The predicted molar refractivity (Wildman–Crippen MR) is 115 cm³/mol. The van der Waals surface area contributed by atoms with E-state index in [0.717, 1.165) is 0 Å². The third-order valence-corrected chi connectivity index (χ3v) is 4.21. The molecule has 0 saturated carbocycles. The number of nitrogens with zero attached hydrogens (tertiary/aromatic N) is 1. The van der Waals surface area contributed by atoms with Crippen molar-refractivity contribution in [2.75, 3.05) is 6.61 Å². The second-order valence-corrected chi connectivity index (χ2v) is 8.65. The number of halogens is 1. The average molecular weight is 432 g/mol. The topological polar surface area (TPSA) is 97.8 Å². The number of rotatable bonds is 8. The lowest BCUT2D eigenvalue weighted by Gasteiger charge is -2.24. The first-order valence-electron chi connectivity index (χ1n) is 10.1. The molecule has 168 valence electrons. The largest absolute Gasteiger partial charge is 0.491 e. The highest BCUT2D eigenvalue weighted by molar-refractivity contribution is 5.95. The van der Waals surface area contributed by atoms with Crippen LogP contribution in [0.4, 0.5) is 9.18 Å². The number of amides is 1. The molecule has 2 N–H and O–H groups in total. The minimum absolute atomic E-state index is 0.0892. The SMILES string of the molecule is CC(C)C[C@@H](COc1ccc(-c2ccncc2C(=O)O)c(F)c1)NC(=O)OC(C)(C)C. The van der Waals surface area contributed by atoms with Crippen LogP contribution in [0.2, 0.25) is 0 Å². The molecule has 8 heteroatoms. The zero-order chi connectivity index (χ0) is 23.2. The summed E-state index contributed by atoms with van der Waals surface area (Å²) in [6, 6.07) is 5.35. The molecule has 2 rings (SSSR count). The molecule has 2 aromatic rings. The van der Waals surface area contributed by atoms with Gasteiger partial charge in [-0.3, -0.25) is 4.98 Å². The third-order valence-electron chi connectivity index (χ3n) is 4.21. The van der Waals surface area contributed by atoms with E-state index in [1.807, 2.05) is 13.8 Å². The van der Waals surface area contributed by atoms with E-state index in [-0.39, 0.29) is 35.1 Å². The minimum Gasteiger partial charge on any atom is -0.491 e. The Balaban J connectivity index is 2.12. The summed E-state index contributed by atoms with van der Waals surface area (Å²) in [5, 5.41) is 12.1. The Morgan fingerprint density at radius 2 is 1.90 bits per heavy atom. The van der Waals surface area contributed by atoms with Crippen molar-refractivity contribution in [2.24, 2.45) is 5.92 Å². The summed E-state index contributed by atoms with van der Waals surface area (Å²) < 4.78 is 25.7. The van der Waals surface area contributed by atoms with Gasteiger partial charge in [0.1, 0.15) is 23.8 Å². The van der Waals surface area contributed by atoms with Gasteiger partial charge in [0.25, 0.3) is 0 Å². The molecule has 0 spiro atoms. The van der Waals surface area contributed by atoms with E-state index in [1.54, 1.807) is 26.8 Å². The number of hydrogen-bond acceptors (Lipinski definition) is 5. The van der Waals surface area contributed by atoms with Gasteiger partial charge in [-0.2, -0.15) is 0 Å². The van der Waals surface area contributed by atoms with Crippen LogP contribution in [0, 0.1) is 11.7 Å². The predicted octanol–water partition coefficient (Wildman–Crippen LogP) is 4.90. The van der Waals surface area contributed by atoms with Gasteiger partial charge in [-0.15, -0.1) is 0 Å². The molecule has 0 aliphatic heterocycles. The number of ether oxygens (including phenoxy) is 2. The number of nitrogens with one attached hydrogen (secondary N) is 1. The van der Waals surface area contributed by atoms with E-state index in [0.29, 0.717) is 12.3 Å². The zero-order valence-electron chi connectivity index (χ0n) is 18.4. The molecule has 7 nitrogen and oxygen atoms in total. The maximum absolute atomic E-state index is 14.7. The van der Waals surface area contributed by atoms with Gasteiger partial charge < -0.3 is 19.9 Å². The fourth-order valence-corrected chi connectivity index (χ4v) is 3.01. The Labute approximate surface area is 181 Å². The van der Waals surface area contributed by atoms with Crippen LogP contribution in [0.3, 0.4) is 0 Å². The Morgan fingerprint density at radius 3 is 2.48 bits per heavy atom. The van der Waals surface area contributed by atoms with Crippen LogP contribution in [0.5, 0.6) is 5.75 Å². The van der Waals surface area contributed by atoms with Crippen LogP contribution in [0.15, 0.2) is 36.7 Å². The van der Waals surface area contributed by atoms with Gasteiger partial charge in [-0.1, -0.05) is 13.8 Å². The standard InChI is InChI=1S/C23H29FN2O5/c1-14(2)10-15(26-22(29)31-23(3,4)5)13-30-16-6-7-18(20(24)11-16)17-8-9-25-12-19(17)21(27)28/h6-9,11-12,14-15H,10,13H2,1-5H3,(H,26,29)(H,27,28)/t15-/m0/s1. The van der Waals surface area contributed by atoms with Crippen LogP contribution in [0.1, 0.15) is 51.4 Å². The Kier molecular flexibility index (Phi) is 7.96. The first kappa shape index (κ1) is 24.1. The lowest BCUT2D eigenvalue weighted by molar-refractivity contribution is 0.0479. The van der Waals surface area contributed by atoms with Crippen LogP contribution in [0.25, 0.3) is 11.1 Å². The number of aromatic carboxylic acids is 1. The summed E-state index contributed by atoms with van der Waals surface area (Å²) >= 11 is 0. The molecule has 0 aliphatic carbocycles. The van der Waals surface area contributed by atoms with Crippen molar-refractivity contribution in [3.05, 3.63) is 48.0 Å². The minimum atomic E-state index is -1.19. The van der Waals surface area contributed by atoms with Gasteiger partial charge in [-0.25, -0.2) is 14.0 Å². The fourth-order valence-electron chi connectivity index (χ4n) is 3.01. The summed E-state index contributed by atoms with van der Waals surface area (Å²) in [5.41, 5.74) is -0.337. The van der Waals surface area contributed by atoms with Crippen molar-refractivity contribution in [2.45, 2.75) is 52.7 Å². The molecule has 1 amide bonds. The molecule has 0 saturated heterocycles. The van der Waals surface area contributed by atoms with Crippen molar-refractivity contribution >= 4 is 12.1 Å². The maximum atomic E-state index is 14.7. The molecule has 31 heavy (non-hydrogen) atoms. The molecule has 0 bridgehead atoms. The number of pyridine rings is 1. The highest BCUT2D eigenvalue weighted by Gasteiger charge is 2.21. The Bertz CT molecular complexity index is 924. The van der Waals surface area contributed by atoms with Gasteiger partial charge in [-0.05, 0) is 51.3 Å². The quantitative estimate of drug-likeness (QED) is 0.615. The molecular weight excluding hydrogens is 403 g/mol. The van der Waals surface area contributed by atoms with E-state index >= 15 is 0 Å². The van der Waals surface area contributed by atoms with Crippen LogP contribution in [-0.4, -0.2) is 40.4 Å².